The lowest BCUT2D eigenvalue weighted by Gasteiger charge is -2.23. The molecule has 3 aromatic carbocycles. The normalized spacial score (nSPS) is 17.0. The Hall–Kier alpha value is -4.24. The summed E-state index contributed by atoms with van der Waals surface area (Å²) in [7, 11) is 2.99. The number of carbonyl (C=O) groups is 2. The number of rotatable bonds is 5. The molecule has 1 fully saturated rings. The summed E-state index contributed by atoms with van der Waals surface area (Å²) in [6, 6.07) is 13.1. The van der Waals surface area contributed by atoms with E-state index in [1.807, 2.05) is 26.0 Å². The Morgan fingerprint density at radius 2 is 1.70 bits per heavy atom. The van der Waals surface area contributed by atoms with Crippen LogP contribution in [0.5, 0.6) is 11.5 Å². The van der Waals surface area contributed by atoms with E-state index in [0.29, 0.717) is 22.2 Å². The fourth-order valence-electron chi connectivity index (χ4n) is 4.59. The lowest BCUT2D eigenvalue weighted by atomic mass is 9.95. The zero-order chi connectivity index (χ0) is 26.4. The Bertz CT molecular complexity index is 1590. The zero-order valence-corrected chi connectivity index (χ0v) is 21.4. The van der Waals surface area contributed by atoms with Crippen molar-refractivity contribution < 1.29 is 28.6 Å². The van der Waals surface area contributed by atoms with Crippen molar-refractivity contribution in [1.29, 1.82) is 0 Å². The number of anilines is 1. The smallest absolute Gasteiger partial charge is 0.301 e. The van der Waals surface area contributed by atoms with Crippen molar-refractivity contribution in [3.63, 3.8) is 0 Å². The molecule has 1 amide bonds. The standard InChI is InChI=1S/C28H23FN2O5S/c1-14-11-15(2)23-21(12-14)37-28(30-23)31-24(17-7-10-19(35-3)20(13-17)36-4)22(26(33)27(31)34)25(32)16-5-8-18(29)9-6-16/h5-13,24,32H,1-4H3/t24-/m1/s1. The molecular weight excluding hydrogens is 495 g/mol. The number of ether oxygens (including phenoxy) is 2. The van der Waals surface area contributed by atoms with Crippen LogP contribution in [-0.4, -0.2) is 36.0 Å². The third-order valence-electron chi connectivity index (χ3n) is 6.31. The summed E-state index contributed by atoms with van der Waals surface area (Å²) in [5.41, 5.74) is 3.32. The van der Waals surface area contributed by atoms with Gasteiger partial charge in [-0.3, -0.25) is 14.5 Å². The minimum absolute atomic E-state index is 0.129. The number of aliphatic hydroxyl groups is 1. The quantitative estimate of drug-likeness (QED) is 0.207. The van der Waals surface area contributed by atoms with E-state index < -0.39 is 29.3 Å². The molecule has 0 spiro atoms. The number of benzene rings is 3. The Morgan fingerprint density at radius 3 is 2.38 bits per heavy atom. The molecule has 37 heavy (non-hydrogen) atoms. The molecule has 1 aromatic heterocycles. The third kappa shape index (κ3) is 4.11. The van der Waals surface area contributed by atoms with Crippen LogP contribution < -0.4 is 14.4 Å². The van der Waals surface area contributed by atoms with Crippen LogP contribution in [0.3, 0.4) is 0 Å². The van der Waals surface area contributed by atoms with E-state index in [9.17, 15) is 19.1 Å². The minimum Gasteiger partial charge on any atom is -0.507 e. The average molecular weight is 519 g/mol. The fraction of sp³-hybridized carbons (Fsp3) is 0.179. The van der Waals surface area contributed by atoms with Crippen LogP contribution in [-0.2, 0) is 9.59 Å². The highest BCUT2D eigenvalue weighted by Crippen LogP contribution is 2.46. The second kappa shape index (κ2) is 9.33. The number of hydrogen-bond donors (Lipinski definition) is 1. The molecule has 1 N–H and O–H groups in total. The molecule has 188 valence electrons. The van der Waals surface area contributed by atoms with Gasteiger partial charge in [0.25, 0.3) is 5.78 Å². The number of hydrogen-bond acceptors (Lipinski definition) is 7. The number of aliphatic hydroxyl groups excluding tert-OH is 1. The predicted octanol–water partition coefficient (Wildman–Crippen LogP) is 5.70. The molecule has 5 rings (SSSR count). The molecule has 0 aliphatic carbocycles. The van der Waals surface area contributed by atoms with Crippen molar-refractivity contribution in [2.45, 2.75) is 19.9 Å². The monoisotopic (exact) mass is 518 g/mol. The minimum atomic E-state index is -1.01. The first-order chi connectivity index (χ1) is 17.7. The van der Waals surface area contributed by atoms with Crippen molar-refractivity contribution in [2.24, 2.45) is 0 Å². The first-order valence-electron chi connectivity index (χ1n) is 11.4. The molecule has 1 aliphatic heterocycles. The number of methoxy groups -OCH3 is 2. The van der Waals surface area contributed by atoms with Crippen molar-refractivity contribution in [1.82, 2.24) is 4.98 Å². The lowest BCUT2D eigenvalue weighted by Crippen LogP contribution is -2.29. The number of ketones is 1. The highest BCUT2D eigenvalue weighted by Gasteiger charge is 2.48. The Kier molecular flexibility index (Phi) is 6.16. The molecule has 0 saturated carbocycles. The molecule has 7 nitrogen and oxygen atoms in total. The maximum Gasteiger partial charge on any atom is 0.301 e. The maximum atomic E-state index is 13.5. The summed E-state index contributed by atoms with van der Waals surface area (Å²) in [6.07, 6.45) is 0. The van der Waals surface area contributed by atoms with E-state index >= 15 is 0 Å². The van der Waals surface area contributed by atoms with Crippen LogP contribution in [0.1, 0.15) is 28.3 Å². The van der Waals surface area contributed by atoms with Gasteiger partial charge in [-0.05, 0) is 73.0 Å². The zero-order valence-electron chi connectivity index (χ0n) is 20.5. The van der Waals surface area contributed by atoms with Gasteiger partial charge in [0, 0.05) is 5.56 Å². The molecule has 4 aromatic rings. The predicted molar refractivity (Wildman–Crippen MR) is 140 cm³/mol. The van der Waals surface area contributed by atoms with Crippen molar-refractivity contribution >= 4 is 44.1 Å². The summed E-state index contributed by atoms with van der Waals surface area (Å²) < 4.78 is 25.2. The molecule has 2 heterocycles. The fourth-order valence-corrected chi connectivity index (χ4v) is 5.76. The molecule has 0 radical (unpaired) electrons. The van der Waals surface area contributed by atoms with Crippen LogP contribution in [0.15, 0.2) is 60.2 Å². The largest absolute Gasteiger partial charge is 0.507 e. The van der Waals surface area contributed by atoms with Gasteiger partial charge in [0.15, 0.2) is 16.6 Å². The Balaban J connectivity index is 1.76. The molecular formula is C28H23FN2O5S. The molecule has 0 bridgehead atoms. The van der Waals surface area contributed by atoms with Gasteiger partial charge in [-0.2, -0.15) is 0 Å². The van der Waals surface area contributed by atoms with Gasteiger partial charge in [0.1, 0.15) is 11.6 Å². The van der Waals surface area contributed by atoms with Gasteiger partial charge >= 0.3 is 5.91 Å². The van der Waals surface area contributed by atoms with Crippen LogP contribution in [0.2, 0.25) is 0 Å². The van der Waals surface area contributed by atoms with Crippen LogP contribution in [0, 0.1) is 19.7 Å². The van der Waals surface area contributed by atoms with E-state index in [1.165, 1.54) is 54.7 Å². The molecule has 1 saturated heterocycles. The Labute approximate surface area is 216 Å². The van der Waals surface area contributed by atoms with Gasteiger partial charge in [-0.25, -0.2) is 9.37 Å². The SMILES string of the molecule is COc1ccc([C@@H]2C(=C(O)c3ccc(F)cc3)C(=O)C(=O)N2c2nc3c(C)cc(C)cc3s2)cc1OC. The first-order valence-corrected chi connectivity index (χ1v) is 12.2. The second-order valence-electron chi connectivity index (χ2n) is 8.72. The number of nitrogens with zero attached hydrogens (tertiary/aromatic N) is 2. The van der Waals surface area contributed by atoms with E-state index in [2.05, 4.69) is 0 Å². The Morgan fingerprint density at radius 1 is 1.00 bits per heavy atom. The van der Waals surface area contributed by atoms with E-state index in [0.717, 1.165) is 21.3 Å². The van der Waals surface area contributed by atoms with Gasteiger partial charge in [0.2, 0.25) is 0 Å². The molecule has 1 atom stereocenters. The van der Waals surface area contributed by atoms with Gasteiger partial charge in [-0.15, -0.1) is 0 Å². The van der Waals surface area contributed by atoms with Gasteiger partial charge < -0.3 is 14.6 Å². The van der Waals surface area contributed by atoms with Crippen LogP contribution >= 0.6 is 11.3 Å². The van der Waals surface area contributed by atoms with Crippen molar-refractivity contribution in [3.8, 4) is 11.5 Å². The van der Waals surface area contributed by atoms with Gasteiger partial charge in [-0.1, -0.05) is 23.5 Å². The number of halogens is 1. The number of thiazole rings is 1. The average Bonchev–Trinajstić information content (AvgIpc) is 3.42. The van der Waals surface area contributed by atoms with Crippen LogP contribution in [0.25, 0.3) is 16.0 Å². The van der Waals surface area contributed by atoms with Crippen molar-refractivity contribution in [2.75, 3.05) is 19.1 Å². The number of amides is 1. The first kappa shape index (κ1) is 24.5. The number of aromatic nitrogens is 1. The van der Waals surface area contributed by atoms with E-state index in [4.69, 9.17) is 14.5 Å². The summed E-state index contributed by atoms with van der Waals surface area (Å²) in [5.74, 6) is -1.73. The number of aryl methyl sites for hydroxylation is 2. The lowest BCUT2D eigenvalue weighted by molar-refractivity contribution is -0.132. The van der Waals surface area contributed by atoms with Crippen LogP contribution in [0.4, 0.5) is 9.52 Å². The third-order valence-corrected chi connectivity index (χ3v) is 7.31. The molecule has 0 unspecified atom stereocenters. The maximum absolute atomic E-state index is 13.5. The van der Waals surface area contributed by atoms with E-state index in [-0.39, 0.29) is 11.1 Å². The molecule has 9 heteroatoms. The van der Waals surface area contributed by atoms with Gasteiger partial charge in [0.05, 0.1) is 36.1 Å². The highest BCUT2D eigenvalue weighted by molar-refractivity contribution is 7.22. The number of carbonyl (C=O) groups excluding carboxylic acids is 2. The molecule has 1 aliphatic rings. The van der Waals surface area contributed by atoms with E-state index in [1.54, 1.807) is 18.2 Å². The highest BCUT2D eigenvalue weighted by atomic mass is 32.1. The number of fused-ring (bicyclic) bond motifs is 1. The summed E-state index contributed by atoms with van der Waals surface area (Å²) in [4.78, 5) is 32.9. The summed E-state index contributed by atoms with van der Waals surface area (Å²) in [5, 5.41) is 11.6. The summed E-state index contributed by atoms with van der Waals surface area (Å²) >= 11 is 1.29. The second-order valence-corrected chi connectivity index (χ2v) is 9.72. The summed E-state index contributed by atoms with van der Waals surface area (Å²) in [6.45, 7) is 3.91. The number of Topliss-reactive ketones (excluding diaryl/α,β-unsaturated/α-hetero) is 1. The van der Waals surface area contributed by atoms with Crippen molar-refractivity contribution in [3.05, 3.63) is 88.2 Å². The topological polar surface area (TPSA) is 89.0 Å².